The maximum absolute atomic E-state index is 13.2. The molecule has 1 aromatic carbocycles. The number of hydrogen-bond acceptors (Lipinski definition) is 4. The van der Waals surface area contributed by atoms with Gasteiger partial charge in [-0.3, -0.25) is 14.0 Å². The lowest BCUT2D eigenvalue weighted by Gasteiger charge is -2.24. The van der Waals surface area contributed by atoms with Gasteiger partial charge in [-0.15, -0.1) is 12.4 Å². The lowest BCUT2D eigenvalue weighted by Crippen LogP contribution is -2.40. The molecule has 0 spiro atoms. The van der Waals surface area contributed by atoms with E-state index >= 15 is 0 Å². The fourth-order valence-electron chi connectivity index (χ4n) is 4.14. The van der Waals surface area contributed by atoms with Gasteiger partial charge in [0.25, 0.3) is 5.56 Å². The first kappa shape index (κ1) is 21.8. The van der Waals surface area contributed by atoms with Crippen LogP contribution in [0.2, 0.25) is 0 Å². The van der Waals surface area contributed by atoms with Crippen molar-refractivity contribution >= 4 is 29.6 Å². The Morgan fingerprint density at radius 3 is 2.67 bits per heavy atom. The minimum atomic E-state index is -0.287. The van der Waals surface area contributed by atoms with E-state index in [1.54, 1.807) is 10.6 Å². The van der Waals surface area contributed by atoms with Crippen molar-refractivity contribution < 1.29 is 4.79 Å². The molecule has 1 amide bonds. The van der Waals surface area contributed by atoms with Gasteiger partial charge in [-0.1, -0.05) is 31.5 Å². The van der Waals surface area contributed by atoms with Gasteiger partial charge in [0.05, 0.1) is 11.3 Å². The van der Waals surface area contributed by atoms with Crippen molar-refractivity contribution in [2.45, 2.75) is 45.1 Å². The highest BCUT2D eigenvalue weighted by Gasteiger charge is 2.29. The molecule has 1 atom stereocenters. The number of primary amides is 1. The third-order valence-corrected chi connectivity index (χ3v) is 5.65. The molecule has 0 saturated carbocycles. The van der Waals surface area contributed by atoms with Gasteiger partial charge in [0.1, 0.15) is 11.7 Å². The number of amides is 1. The van der Waals surface area contributed by atoms with E-state index in [9.17, 15) is 9.59 Å². The molecule has 1 aliphatic heterocycles. The summed E-state index contributed by atoms with van der Waals surface area (Å²) in [5.41, 5.74) is 9.48. The third-order valence-electron chi connectivity index (χ3n) is 5.65. The average molecular weight is 427 g/mol. The number of halogens is 1. The maximum Gasteiger partial charge on any atom is 0.265 e. The number of fused-ring (bicyclic) bond motifs is 1. The molecule has 0 bridgehead atoms. The van der Waals surface area contributed by atoms with E-state index < -0.39 is 0 Å². The molecule has 158 valence electrons. The number of unbranched alkanes of at least 4 members (excludes halogenated alkanes) is 1. The lowest BCUT2D eigenvalue weighted by atomic mass is 10.0. The summed E-state index contributed by atoms with van der Waals surface area (Å²) in [7, 11) is 0. The zero-order valence-corrected chi connectivity index (χ0v) is 17.9. The first-order valence-corrected chi connectivity index (χ1v) is 10.3. The molecule has 3 aromatic rings. The number of carbonyl (C=O) groups is 1. The second-order valence-corrected chi connectivity index (χ2v) is 7.57. The molecule has 1 fully saturated rings. The maximum atomic E-state index is 13.2. The van der Waals surface area contributed by atoms with Crippen molar-refractivity contribution in [3.8, 4) is 11.1 Å². The summed E-state index contributed by atoms with van der Waals surface area (Å²) in [5.74, 6) is -0.287. The number of hydrogen-bond donors (Lipinski definition) is 1. The van der Waals surface area contributed by atoms with Crippen LogP contribution in [0.3, 0.4) is 0 Å². The van der Waals surface area contributed by atoms with E-state index in [0.717, 1.165) is 55.6 Å². The number of anilines is 1. The van der Waals surface area contributed by atoms with Crippen molar-refractivity contribution in [2.75, 3.05) is 11.4 Å². The Bertz CT molecular complexity index is 1090. The summed E-state index contributed by atoms with van der Waals surface area (Å²) in [6, 6.07) is 13.2. The molecule has 0 unspecified atom stereocenters. The predicted octanol–water partition coefficient (Wildman–Crippen LogP) is 3.58. The van der Waals surface area contributed by atoms with Crippen LogP contribution in [0.15, 0.2) is 53.5 Å². The van der Waals surface area contributed by atoms with Crippen LogP contribution in [0.1, 0.15) is 38.3 Å². The molecule has 0 radical (unpaired) electrons. The largest absolute Gasteiger partial charge is 0.368 e. The molecule has 2 N–H and O–H groups in total. The highest BCUT2D eigenvalue weighted by molar-refractivity contribution is 5.85. The molecule has 0 aliphatic carbocycles. The third kappa shape index (κ3) is 4.05. The molecule has 6 nitrogen and oxygen atoms in total. The van der Waals surface area contributed by atoms with Crippen molar-refractivity contribution in [1.29, 1.82) is 0 Å². The minimum Gasteiger partial charge on any atom is -0.368 e. The van der Waals surface area contributed by atoms with Crippen LogP contribution in [0, 0.1) is 0 Å². The fourth-order valence-corrected chi connectivity index (χ4v) is 4.14. The van der Waals surface area contributed by atoms with Gasteiger partial charge in [-0.2, -0.15) is 0 Å². The van der Waals surface area contributed by atoms with Crippen LogP contribution in [-0.2, 0) is 11.2 Å². The Labute approximate surface area is 182 Å². The highest BCUT2D eigenvalue weighted by Crippen LogP contribution is 2.28. The Morgan fingerprint density at radius 2 is 1.97 bits per heavy atom. The lowest BCUT2D eigenvalue weighted by molar-refractivity contribution is -0.119. The van der Waals surface area contributed by atoms with Gasteiger partial charge in [0.15, 0.2) is 0 Å². The topological polar surface area (TPSA) is 80.7 Å². The van der Waals surface area contributed by atoms with Crippen LogP contribution in [0.5, 0.6) is 0 Å². The molecule has 4 rings (SSSR count). The monoisotopic (exact) mass is 426 g/mol. The Morgan fingerprint density at radius 1 is 1.20 bits per heavy atom. The van der Waals surface area contributed by atoms with E-state index in [0.29, 0.717) is 11.2 Å². The summed E-state index contributed by atoms with van der Waals surface area (Å²) < 4.78 is 1.60. The summed E-state index contributed by atoms with van der Waals surface area (Å²) in [6.45, 7) is 2.95. The summed E-state index contributed by atoms with van der Waals surface area (Å²) in [5, 5.41) is 0. The van der Waals surface area contributed by atoms with Gasteiger partial charge >= 0.3 is 0 Å². The summed E-state index contributed by atoms with van der Waals surface area (Å²) >= 11 is 0. The van der Waals surface area contributed by atoms with Crippen molar-refractivity contribution in [2.24, 2.45) is 5.73 Å². The first-order valence-electron chi connectivity index (χ1n) is 10.3. The summed E-state index contributed by atoms with van der Waals surface area (Å²) in [6.07, 6.45) is 6.28. The number of pyridine rings is 1. The van der Waals surface area contributed by atoms with E-state index in [4.69, 9.17) is 10.7 Å². The normalized spacial score (nSPS) is 15.9. The number of benzene rings is 1. The highest BCUT2D eigenvalue weighted by atomic mass is 35.5. The smallest absolute Gasteiger partial charge is 0.265 e. The second-order valence-electron chi connectivity index (χ2n) is 7.57. The second kappa shape index (κ2) is 9.30. The van der Waals surface area contributed by atoms with Crippen LogP contribution in [0.4, 0.5) is 5.69 Å². The van der Waals surface area contributed by atoms with Gasteiger partial charge in [0.2, 0.25) is 5.91 Å². The average Bonchev–Trinajstić information content (AvgIpc) is 3.23. The van der Waals surface area contributed by atoms with Gasteiger partial charge in [-0.05, 0) is 55.5 Å². The van der Waals surface area contributed by atoms with E-state index in [-0.39, 0.29) is 29.9 Å². The van der Waals surface area contributed by atoms with E-state index in [2.05, 4.69) is 11.8 Å². The number of aromatic nitrogens is 2. The van der Waals surface area contributed by atoms with Crippen LogP contribution in [0.25, 0.3) is 16.8 Å². The summed E-state index contributed by atoms with van der Waals surface area (Å²) in [4.78, 5) is 31.8. The number of nitrogens with zero attached hydrogens (tertiary/aromatic N) is 3. The minimum absolute atomic E-state index is 0. The number of nitrogens with two attached hydrogens (primary N) is 1. The molecule has 7 heteroatoms. The SMILES string of the molecule is CCCCc1nc2ccccn2c(=O)c1-c1ccc(N2CCC[C@H]2C(N)=O)cc1.Cl. The molecule has 1 saturated heterocycles. The quantitative estimate of drug-likeness (QED) is 0.653. The van der Waals surface area contributed by atoms with Crippen LogP contribution in [-0.4, -0.2) is 27.9 Å². The Kier molecular flexibility index (Phi) is 6.77. The first-order chi connectivity index (χ1) is 14.1. The molecule has 1 aliphatic rings. The van der Waals surface area contributed by atoms with Crippen LogP contribution < -0.4 is 16.2 Å². The van der Waals surface area contributed by atoms with Crippen LogP contribution >= 0.6 is 12.4 Å². The number of carbonyl (C=O) groups excluding carboxylic acids is 1. The Hall–Kier alpha value is -2.86. The molecule has 2 aromatic heterocycles. The standard InChI is InChI=1S/C23H26N4O2.ClH/c1-2-3-7-18-21(23(29)27-14-5-4-9-20(27)25-18)16-10-12-17(13-11-16)26-15-6-8-19(26)22(24)28;/h4-5,9-14,19H,2-3,6-8,15H2,1H3,(H2,24,28);1H/t19-;/m0./s1. The van der Waals surface area contributed by atoms with Crippen molar-refractivity contribution in [3.63, 3.8) is 0 Å². The molecular weight excluding hydrogens is 400 g/mol. The Balaban J connectivity index is 0.00000256. The van der Waals surface area contributed by atoms with E-state index in [1.165, 1.54) is 0 Å². The van der Waals surface area contributed by atoms with Gasteiger partial charge in [0, 0.05) is 18.4 Å². The fraction of sp³-hybridized carbons (Fsp3) is 0.348. The molecular formula is C23H27ClN4O2. The number of aryl methyl sites for hydroxylation is 1. The van der Waals surface area contributed by atoms with Crippen molar-refractivity contribution in [1.82, 2.24) is 9.38 Å². The zero-order chi connectivity index (χ0) is 20.4. The van der Waals surface area contributed by atoms with Gasteiger partial charge < -0.3 is 10.6 Å². The van der Waals surface area contributed by atoms with E-state index in [1.807, 2.05) is 42.5 Å². The predicted molar refractivity (Wildman–Crippen MR) is 122 cm³/mol. The molecule has 3 heterocycles. The van der Waals surface area contributed by atoms with Gasteiger partial charge in [-0.25, -0.2) is 4.98 Å². The zero-order valence-electron chi connectivity index (χ0n) is 17.1. The number of rotatable bonds is 6. The molecule has 30 heavy (non-hydrogen) atoms. The van der Waals surface area contributed by atoms with Crippen molar-refractivity contribution in [3.05, 3.63) is 64.7 Å².